The summed E-state index contributed by atoms with van der Waals surface area (Å²) in [7, 11) is 0. The number of nitrogens with two attached hydrogens (primary N) is 1. The van der Waals surface area contributed by atoms with Crippen molar-refractivity contribution in [1.82, 2.24) is 4.90 Å². The average molecular weight is 320 g/mol. The molecule has 0 unspecified atom stereocenters. The number of esters is 1. The van der Waals surface area contributed by atoms with E-state index in [1.54, 1.807) is 0 Å². The van der Waals surface area contributed by atoms with Gasteiger partial charge in [-0.25, -0.2) is 0 Å². The lowest BCUT2D eigenvalue weighted by molar-refractivity contribution is -0.143. The Morgan fingerprint density at radius 1 is 1.26 bits per heavy atom. The Morgan fingerprint density at radius 2 is 1.91 bits per heavy atom. The van der Waals surface area contributed by atoms with Gasteiger partial charge in [-0.3, -0.25) is 9.69 Å². The molecular formula is C16H24N4O3. The molecule has 0 saturated carbocycles. The maximum atomic E-state index is 11.4. The fraction of sp³-hybridized carbons (Fsp3) is 0.500. The van der Waals surface area contributed by atoms with Gasteiger partial charge < -0.3 is 20.6 Å². The minimum absolute atomic E-state index is 0.111. The molecule has 0 atom stereocenters. The first-order valence-electron chi connectivity index (χ1n) is 7.85. The number of ether oxygens (including phenoxy) is 1. The quantitative estimate of drug-likeness (QED) is 0.265. The zero-order valence-electron chi connectivity index (χ0n) is 13.4. The first kappa shape index (κ1) is 17.1. The summed E-state index contributed by atoms with van der Waals surface area (Å²) in [4.78, 5) is 16.0. The summed E-state index contributed by atoms with van der Waals surface area (Å²) in [5.41, 5.74) is 7.38. The summed E-state index contributed by atoms with van der Waals surface area (Å²) in [5, 5.41) is 11.7. The average Bonchev–Trinajstić information content (AvgIpc) is 2.60. The molecule has 1 fully saturated rings. The Bertz CT molecular complexity index is 537. The van der Waals surface area contributed by atoms with Crippen molar-refractivity contribution in [2.45, 2.75) is 13.3 Å². The lowest BCUT2D eigenvalue weighted by atomic mass is 10.1. The minimum atomic E-state index is -0.131. The van der Waals surface area contributed by atoms with Crippen LogP contribution in [0.4, 0.5) is 5.69 Å². The highest BCUT2D eigenvalue weighted by Gasteiger charge is 2.18. The van der Waals surface area contributed by atoms with Gasteiger partial charge in [-0.1, -0.05) is 5.16 Å². The normalized spacial score (nSPS) is 16.4. The second-order valence-corrected chi connectivity index (χ2v) is 5.42. The summed E-state index contributed by atoms with van der Waals surface area (Å²) >= 11 is 0. The van der Waals surface area contributed by atoms with Crippen molar-refractivity contribution in [2.75, 3.05) is 44.2 Å². The molecule has 3 N–H and O–H groups in total. The summed E-state index contributed by atoms with van der Waals surface area (Å²) in [6.07, 6.45) is 0.447. The van der Waals surface area contributed by atoms with Gasteiger partial charge in [-0.05, 0) is 31.2 Å². The first-order valence-corrected chi connectivity index (χ1v) is 7.85. The van der Waals surface area contributed by atoms with Crippen molar-refractivity contribution in [2.24, 2.45) is 10.9 Å². The predicted molar refractivity (Wildman–Crippen MR) is 88.9 cm³/mol. The van der Waals surface area contributed by atoms with Crippen LogP contribution in [0, 0.1) is 0 Å². The van der Waals surface area contributed by atoms with E-state index in [0.29, 0.717) is 18.6 Å². The number of rotatable bonds is 6. The molecule has 1 saturated heterocycles. The minimum Gasteiger partial charge on any atom is -0.466 e. The molecule has 1 aliphatic rings. The van der Waals surface area contributed by atoms with Gasteiger partial charge in [-0.15, -0.1) is 0 Å². The number of hydrogen-bond donors (Lipinski definition) is 2. The molecule has 7 nitrogen and oxygen atoms in total. The van der Waals surface area contributed by atoms with Crippen LogP contribution in [0.25, 0.3) is 0 Å². The highest BCUT2D eigenvalue weighted by molar-refractivity contribution is 5.97. The van der Waals surface area contributed by atoms with Crippen molar-refractivity contribution < 1.29 is 14.7 Å². The van der Waals surface area contributed by atoms with E-state index in [0.717, 1.165) is 38.4 Å². The number of anilines is 1. The number of hydrogen-bond acceptors (Lipinski definition) is 6. The van der Waals surface area contributed by atoms with E-state index < -0.39 is 0 Å². The molecule has 1 aromatic rings. The van der Waals surface area contributed by atoms with Gasteiger partial charge in [0.25, 0.3) is 0 Å². The van der Waals surface area contributed by atoms with Gasteiger partial charge >= 0.3 is 5.97 Å². The predicted octanol–water partition coefficient (Wildman–Crippen LogP) is 0.856. The Morgan fingerprint density at radius 3 is 2.48 bits per heavy atom. The van der Waals surface area contributed by atoms with E-state index in [1.165, 1.54) is 0 Å². The van der Waals surface area contributed by atoms with Gasteiger partial charge in [0.2, 0.25) is 0 Å². The summed E-state index contributed by atoms with van der Waals surface area (Å²) in [5.74, 6) is -0.0195. The number of carbonyl (C=O) groups is 1. The molecule has 1 heterocycles. The van der Waals surface area contributed by atoms with Crippen LogP contribution >= 0.6 is 0 Å². The highest BCUT2D eigenvalue weighted by Crippen LogP contribution is 2.17. The van der Waals surface area contributed by atoms with Crippen LogP contribution in [0.15, 0.2) is 29.4 Å². The van der Waals surface area contributed by atoms with Crippen LogP contribution in [0.5, 0.6) is 0 Å². The Kier molecular flexibility index (Phi) is 6.22. The van der Waals surface area contributed by atoms with E-state index in [9.17, 15) is 4.79 Å². The number of oxime groups is 1. The molecule has 1 aromatic carbocycles. The van der Waals surface area contributed by atoms with E-state index in [2.05, 4.69) is 15.0 Å². The van der Waals surface area contributed by atoms with Gasteiger partial charge in [0.15, 0.2) is 5.84 Å². The zero-order chi connectivity index (χ0) is 16.7. The second kappa shape index (κ2) is 8.38. The number of nitrogens with zero attached hydrogens (tertiary/aromatic N) is 3. The van der Waals surface area contributed by atoms with Crippen LogP contribution in [-0.4, -0.2) is 61.2 Å². The monoisotopic (exact) mass is 320 g/mol. The fourth-order valence-electron chi connectivity index (χ4n) is 2.61. The van der Waals surface area contributed by atoms with Crippen molar-refractivity contribution in [3.05, 3.63) is 29.8 Å². The van der Waals surface area contributed by atoms with Gasteiger partial charge in [0.1, 0.15) is 0 Å². The van der Waals surface area contributed by atoms with Crippen LogP contribution in [0.1, 0.15) is 18.9 Å². The molecule has 23 heavy (non-hydrogen) atoms. The van der Waals surface area contributed by atoms with Crippen molar-refractivity contribution >= 4 is 17.5 Å². The molecule has 126 valence electrons. The topological polar surface area (TPSA) is 91.4 Å². The fourth-order valence-corrected chi connectivity index (χ4v) is 2.61. The number of benzene rings is 1. The molecule has 0 spiro atoms. The molecule has 7 heteroatoms. The summed E-state index contributed by atoms with van der Waals surface area (Å²) in [6.45, 7) is 6.66. The lowest BCUT2D eigenvalue weighted by Crippen LogP contribution is -2.47. The Hall–Kier alpha value is -2.28. The molecule has 0 aromatic heterocycles. The van der Waals surface area contributed by atoms with Crippen LogP contribution in [0.2, 0.25) is 0 Å². The molecule has 0 radical (unpaired) electrons. The van der Waals surface area contributed by atoms with E-state index in [-0.39, 0.29) is 11.8 Å². The largest absolute Gasteiger partial charge is 0.466 e. The first-order chi connectivity index (χ1) is 11.1. The number of piperazine rings is 1. The molecule has 0 bridgehead atoms. The molecule has 0 aliphatic carbocycles. The zero-order valence-corrected chi connectivity index (χ0v) is 13.4. The number of amidine groups is 1. The SMILES string of the molecule is CCOC(=O)CCN1CCN(c2ccc(/C(N)=N/O)cc2)CC1. The van der Waals surface area contributed by atoms with Crippen LogP contribution in [-0.2, 0) is 9.53 Å². The van der Waals surface area contributed by atoms with Gasteiger partial charge in [0.05, 0.1) is 13.0 Å². The third kappa shape index (κ3) is 4.85. The van der Waals surface area contributed by atoms with Crippen molar-refractivity contribution in [3.63, 3.8) is 0 Å². The standard InChI is InChI=1S/C16H24N4O3/c1-2-23-15(21)7-8-19-9-11-20(12-10-19)14-5-3-13(4-6-14)16(17)18-22/h3-6,22H,2,7-12H2,1H3,(H2,17,18). The maximum absolute atomic E-state index is 11.4. The van der Waals surface area contributed by atoms with Crippen LogP contribution < -0.4 is 10.6 Å². The highest BCUT2D eigenvalue weighted by atomic mass is 16.5. The van der Waals surface area contributed by atoms with Crippen molar-refractivity contribution in [3.8, 4) is 0 Å². The molecule has 0 amide bonds. The van der Waals surface area contributed by atoms with E-state index >= 15 is 0 Å². The molecule has 2 rings (SSSR count). The smallest absolute Gasteiger partial charge is 0.307 e. The molecular weight excluding hydrogens is 296 g/mol. The van der Waals surface area contributed by atoms with Gasteiger partial charge in [-0.2, -0.15) is 0 Å². The Labute approximate surface area is 136 Å². The van der Waals surface area contributed by atoms with Crippen molar-refractivity contribution in [1.29, 1.82) is 0 Å². The third-order valence-electron chi connectivity index (χ3n) is 3.95. The summed E-state index contributed by atoms with van der Waals surface area (Å²) in [6, 6.07) is 7.64. The van der Waals surface area contributed by atoms with Gasteiger partial charge in [0, 0.05) is 44.0 Å². The second-order valence-electron chi connectivity index (χ2n) is 5.42. The third-order valence-corrected chi connectivity index (χ3v) is 3.95. The number of carbonyl (C=O) groups excluding carboxylic acids is 1. The summed E-state index contributed by atoms with van der Waals surface area (Å²) < 4.78 is 4.95. The molecule has 1 aliphatic heterocycles. The van der Waals surface area contributed by atoms with E-state index in [4.69, 9.17) is 15.7 Å². The van der Waals surface area contributed by atoms with E-state index in [1.807, 2.05) is 31.2 Å². The maximum Gasteiger partial charge on any atom is 0.307 e. The van der Waals surface area contributed by atoms with Crippen LogP contribution in [0.3, 0.4) is 0 Å². The Balaban J connectivity index is 1.81. The lowest BCUT2D eigenvalue weighted by Gasteiger charge is -2.36.